The predicted molar refractivity (Wildman–Crippen MR) is 123 cm³/mol. The van der Waals surface area contributed by atoms with Crippen LogP contribution in [-0.4, -0.2) is 56.2 Å². The molecule has 176 valence electrons. The van der Waals surface area contributed by atoms with Crippen LogP contribution in [0.15, 0.2) is 0 Å². The van der Waals surface area contributed by atoms with E-state index in [9.17, 15) is 9.59 Å². The molecule has 1 saturated heterocycles. The van der Waals surface area contributed by atoms with E-state index in [1.807, 2.05) is 48.5 Å². The van der Waals surface area contributed by atoms with E-state index in [1.54, 1.807) is 4.90 Å². The molecule has 1 heterocycles. The maximum atomic E-state index is 13.4. The van der Waals surface area contributed by atoms with Gasteiger partial charge in [0.15, 0.2) is 8.32 Å². The van der Waals surface area contributed by atoms with E-state index < -0.39 is 31.0 Å². The van der Waals surface area contributed by atoms with Crippen LogP contribution in [0.3, 0.4) is 0 Å². The molecule has 0 aliphatic carbocycles. The molecule has 1 rings (SSSR count). The molecule has 1 fully saturated rings. The number of hydrogen-bond acceptors (Lipinski definition) is 5. The second-order valence-corrected chi connectivity index (χ2v) is 16.9. The minimum atomic E-state index is -2.00. The van der Waals surface area contributed by atoms with Gasteiger partial charge in [0.25, 0.3) is 0 Å². The standard InChI is InChI=1S/C23H45NO5Si/c1-13-23(18(25)28-20(2,3)4)16-24(19(26)29-21(5,6)7)14-17(23)15-27-30(11,12)22(8,9)10/h17H,13-16H2,1-12H3. The van der Waals surface area contributed by atoms with Gasteiger partial charge >= 0.3 is 12.1 Å². The molecular formula is C23H45NO5Si. The molecule has 0 N–H and O–H groups in total. The molecule has 0 saturated carbocycles. The zero-order valence-electron chi connectivity index (χ0n) is 21.4. The molecule has 1 aliphatic heterocycles. The third-order valence-electron chi connectivity index (χ3n) is 6.23. The lowest BCUT2D eigenvalue weighted by molar-refractivity contribution is -0.170. The second-order valence-electron chi connectivity index (χ2n) is 12.1. The largest absolute Gasteiger partial charge is 0.459 e. The van der Waals surface area contributed by atoms with Gasteiger partial charge < -0.3 is 18.8 Å². The van der Waals surface area contributed by atoms with Crippen LogP contribution in [-0.2, 0) is 18.7 Å². The van der Waals surface area contributed by atoms with E-state index in [1.165, 1.54) is 0 Å². The monoisotopic (exact) mass is 443 g/mol. The van der Waals surface area contributed by atoms with Crippen molar-refractivity contribution < 1.29 is 23.5 Å². The molecule has 0 aromatic heterocycles. The Labute approximate surface area is 185 Å². The lowest BCUT2D eigenvalue weighted by Gasteiger charge is -2.39. The second kappa shape index (κ2) is 8.81. The van der Waals surface area contributed by atoms with Crippen LogP contribution in [0.1, 0.15) is 75.7 Å². The van der Waals surface area contributed by atoms with E-state index >= 15 is 0 Å². The van der Waals surface area contributed by atoms with E-state index in [0.29, 0.717) is 26.1 Å². The highest BCUT2D eigenvalue weighted by Crippen LogP contribution is 2.44. The summed E-state index contributed by atoms with van der Waals surface area (Å²) in [7, 11) is -2.00. The lowest BCUT2D eigenvalue weighted by Crippen LogP contribution is -2.47. The fraction of sp³-hybridized carbons (Fsp3) is 0.913. The predicted octanol–water partition coefficient (Wildman–Crippen LogP) is 5.61. The van der Waals surface area contributed by atoms with Gasteiger partial charge in [0.05, 0.1) is 5.41 Å². The first-order chi connectivity index (χ1) is 13.2. The van der Waals surface area contributed by atoms with Gasteiger partial charge in [-0.15, -0.1) is 0 Å². The van der Waals surface area contributed by atoms with Crippen molar-refractivity contribution in [3.05, 3.63) is 0 Å². The summed E-state index contributed by atoms with van der Waals surface area (Å²) in [6.45, 7) is 25.3. The molecule has 1 amide bonds. The normalized spacial score (nSPS) is 23.5. The molecule has 0 spiro atoms. The van der Waals surface area contributed by atoms with Gasteiger partial charge in [-0.2, -0.15) is 0 Å². The third kappa shape index (κ3) is 6.71. The zero-order valence-corrected chi connectivity index (χ0v) is 22.4. The highest BCUT2D eigenvalue weighted by Gasteiger charge is 2.55. The van der Waals surface area contributed by atoms with Crippen molar-refractivity contribution in [2.45, 2.75) is 105 Å². The Morgan fingerprint density at radius 2 is 1.47 bits per heavy atom. The van der Waals surface area contributed by atoms with Crippen LogP contribution in [0.25, 0.3) is 0 Å². The smallest absolute Gasteiger partial charge is 0.410 e. The summed E-state index contributed by atoms with van der Waals surface area (Å²) in [5.41, 5.74) is -1.98. The first-order valence-electron chi connectivity index (χ1n) is 11.1. The average Bonchev–Trinajstić information content (AvgIpc) is 2.89. The lowest BCUT2D eigenvalue weighted by atomic mass is 9.76. The molecule has 0 bridgehead atoms. The van der Waals surface area contributed by atoms with Crippen molar-refractivity contribution in [1.29, 1.82) is 0 Å². The number of amides is 1. The third-order valence-corrected chi connectivity index (χ3v) is 10.7. The number of rotatable bonds is 5. The Bertz CT molecular complexity index is 627. The molecule has 7 heteroatoms. The van der Waals surface area contributed by atoms with Crippen molar-refractivity contribution in [2.75, 3.05) is 19.7 Å². The van der Waals surface area contributed by atoms with Gasteiger partial charge in [0.1, 0.15) is 11.2 Å². The van der Waals surface area contributed by atoms with Crippen LogP contribution < -0.4 is 0 Å². The topological polar surface area (TPSA) is 65.1 Å². The number of carbonyl (C=O) groups excluding carboxylic acids is 2. The summed E-state index contributed by atoms with van der Waals surface area (Å²) < 4.78 is 17.9. The van der Waals surface area contributed by atoms with Gasteiger partial charge in [-0.25, -0.2) is 4.79 Å². The van der Waals surface area contributed by atoms with Crippen molar-refractivity contribution >= 4 is 20.4 Å². The number of carbonyl (C=O) groups is 2. The quantitative estimate of drug-likeness (QED) is 0.408. The number of likely N-dealkylation sites (tertiary alicyclic amines) is 1. The first-order valence-corrected chi connectivity index (χ1v) is 14.0. The zero-order chi connectivity index (χ0) is 23.8. The maximum Gasteiger partial charge on any atom is 0.410 e. The van der Waals surface area contributed by atoms with Crippen LogP contribution >= 0.6 is 0 Å². The SMILES string of the molecule is CCC1(C(=O)OC(C)(C)C)CN(C(=O)OC(C)(C)C)CC1CO[Si](C)(C)C(C)(C)C. The van der Waals surface area contributed by atoms with E-state index in [-0.39, 0.29) is 16.9 Å². The van der Waals surface area contributed by atoms with Crippen LogP contribution in [0.4, 0.5) is 4.79 Å². The van der Waals surface area contributed by atoms with Crippen LogP contribution in [0.2, 0.25) is 18.1 Å². The molecule has 0 radical (unpaired) electrons. The van der Waals surface area contributed by atoms with E-state index in [2.05, 4.69) is 33.9 Å². The summed E-state index contributed by atoms with van der Waals surface area (Å²) in [6.07, 6.45) is 0.186. The summed E-state index contributed by atoms with van der Waals surface area (Å²) in [6, 6.07) is 0. The fourth-order valence-corrected chi connectivity index (χ4v) is 4.38. The van der Waals surface area contributed by atoms with Crippen LogP contribution in [0.5, 0.6) is 0 Å². The van der Waals surface area contributed by atoms with Gasteiger partial charge in [0, 0.05) is 25.6 Å². The minimum Gasteiger partial charge on any atom is -0.459 e. The van der Waals surface area contributed by atoms with Crippen molar-refractivity contribution in [1.82, 2.24) is 4.90 Å². The Balaban J connectivity index is 3.20. The summed E-state index contributed by atoms with van der Waals surface area (Å²) in [5, 5.41) is 0.0667. The van der Waals surface area contributed by atoms with Gasteiger partial charge in [-0.05, 0) is 66.1 Å². The van der Waals surface area contributed by atoms with E-state index in [4.69, 9.17) is 13.9 Å². The molecule has 2 atom stereocenters. The summed E-state index contributed by atoms with van der Waals surface area (Å²) in [4.78, 5) is 27.8. The molecule has 30 heavy (non-hydrogen) atoms. The Hall–Kier alpha value is -1.08. The molecule has 0 aromatic carbocycles. The molecule has 6 nitrogen and oxygen atoms in total. The highest BCUT2D eigenvalue weighted by molar-refractivity contribution is 6.74. The molecule has 2 unspecified atom stereocenters. The highest BCUT2D eigenvalue weighted by atomic mass is 28.4. The Morgan fingerprint density at radius 3 is 1.87 bits per heavy atom. The maximum absolute atomic E-state index is 13.4. The number of esters is 1. The number of ether oxygens (including phenoxy) is 2. The van der Waals surface area contributed by atoms with Crippen LogP contribution in [0, 0.1) is 11.3 Å². The number of nitrogens with zero attached hydrogens (tertiary/aromatic N) is 1. The summed E-state index contributed by atoms with van der Waals surface area (Å²) in [5.74, 6) is -0.397. The molecular weight excluding hydrogens is 398 g/mol. The van der Waals surface area contributed by atoms with Crippen molar-refractivity contribution in [3.63, 3.8) is 0 Å². The molecule has 0 aromatic rings. The summed E-state index contributed by atoms with van der Waals surface area (Å²) >= 11 is 0. The van der Waals surface area contributed by atoms with E-state index in [0.717, 1.165) is 0 Å². The molecule has 1 aliphatic rings. The van der Waals surface area contributed by atoms with Crippen molar-refractivity contribution in [3.8, 4) is 0 Å². The van der Waals surface area contributed by atoms with Gasteiger partial charge in [-0.3, -0.25) is 4.79 Å². The average molecular weight is 444 g/mol. The van der Waals surface area contributed by atoms with Crippen molar-refractivity contribution in [2.24, 2.45) is 11.3 Å². The fourth-order valence-electron chi connectivity index (χ4n) is 3.33. The Morgan fingerprint density at radius 1 is 0.967 bits per heavy atom. The Kier molecular flexibility index (Phi) is 7.91. The van der Waals surface area contributed by atoms with Gasteiger partial charge in [-0.1, -0.05) is 27.7 Å². The minimum absolute atomic E-state index is 0.0667. The first kappa shape index (κ1) is 27.0. The number of hydrogen-bond donors (Lipinski definition) is 0. The van der Waals surface area contributed by atoms with Gasteiger partial charge in [0.2, 0.25) is 0 Å².